The molecule has 0 N–H and O–H groups in total. The van der Waals surface area contributed by atoms with Crippen molar-refractivity contribution in [3.63, 3.8) is 0 Å². The Hall–Kier alpha value is -0.830. The van der Waals surface area contributed by atoms with Crippen molar-refractivity contribution in [3.05, 3.63) is 34.3 Å². The molecule has 19 heavy (non-hydrogen) atoms. The SMILES string of the molecule is CN(CC1CC2CCC1C2)C(=O)c1ccccc1Br. The largest absolute Gasteiger partial charge is 0.341 e. The fourth-order valence-electron chi connectivity index (χ4n) is 3.88. The summed E-state index contributed by atoms with van der Waals surface area (Å²) in [6.07, 6.45) is 5.54. The Bertz CT molecular complexity index is 487. The van der Waals surface area contributed by atoms with Gasteiger partial charge in [0.15, 0.2) is 0 Å². The van der Waals surface area contributed by atoms with Crippen molar-refractivity contribution in [2.24, 2.45) is 17.8 Å². The zero-order chi connectivity index (χ0) is 13.4. The van der Waals surface area contributed by atoms with Crippen LogP contribution in [0.3, 0.4) is 0 Å². The van der Waals surface area contributed by atoms with Crippen LogP contribution < -0.4 is 0 Å². The molecule has 102 valence electrons. The lowest BCUT2D eigenvalue weighted by Gasteiger charge is -2.27. The maximum Gasteiger partial charge on any atom is 0.254 e. The maximum absolute atomic E-state index is 12.5. The molecule has 0 aliphatic heterocycles. The van der Waals surface area contributed by atoms with E-state index < -0.39 is 0 Å². The number of rotatable bonds is 3. The monoisotopic (exact) mass is 321 g/mol. The summed E-state index contributed by atoms with van der Waals surface area (Å²) in [6.45, 7) is 0.918. The highest BCUT2D eigenvalue weighted by atomic mass is 79.9. The van der Waals surface area contributed by atoms with Crippen LogP contribution in [0.2, 0.25) is 0 Å². The summed E-state index contributed by atoms with van der Waals surface area (Å²) in [4.78, 5) is 14.4. The first-order valence-electron chi connectivity index (χ1n) is 7.15. The van der Waals surface area contributed by atoms with Crippen molar-refractivity contribution in [2.45, 2.75) is 25.7 Å². The normalized spacial score (nSPS) is 28.6. The average Bonchev–Trinajstić information content (AvgIpc) is 3.00. The third-order valence-electron chi connectivity index (χ3n) is 4.84. The summed E-state index contributed by atoms with van der Waals surface area (Å²) in [7, 11) is 1.94. The van der Waals surface area contributed by atoms with Gasteiger partial charge in [0.05, 0.1) is 5.56 Å². The standard InChI is InChI=1S/C16H20BrNO/c1-18(10-13-9-11-6-7-12(13)8-11)16(19)14-4-2-3-5-15(14)17/h2-5,11-13H,6-10H2,1H3. The first-order chi connectivity index (χ1) is 9.15. The van der Waals surface area contributed by atoms with Crippen molar-refractivity contribution >= 4 is 21.8 Å². The van der Waals surface area contributed by atoms with Gasteiger partial charge < -0.3 is 4.90 Å². The van der Waals surface area contributed by atoms with Crippen LogP contribution in [0.5, 0.6) is 0 Å². The summed E-state index contributed by atoms with van der Waals surface area (Å²) in [5.74, 6) is 2.69. The highest BCUT2D eigenvalue weighted by Crippen LogP contribution is 2.48. The van der Waals surface area contributed by atoms with Gasteiger partial charge in [-0.25, -0.2) is 0 Å². The lowest BCUT2D eigenvalue weighted by Crippen LogP contribution is -2.33. The molecule has 0 heterocycles. The van der Waals surface area contributed by atoms with Gasteiger partial charge in [-0.3, -0.25) is 4.79 Å². The Morgan fingerprint density at radius 2 is 2.11 bits per heavy atom. The minimum atomic E-state index is 0.134. The Morgan fingerprint density at radius 3 is 2.74 bits per heavy atom. The fourth-order valence-corrected chi connectivity index (χ4v) is 4.33. The molecule has 2 bridgehead atoms. The van der Waals surface area contributed by atoms with E-state index in [2.05, 4.69) is 15.9 Å². The number of nitrogens with zero attached hydrogens (tertiary/aromatic N) is 1. The molecule has 3 unspecified atom stereocenters. The van der Waals surface area contributed by atoms with Gasteiger partial charge in [0.1, 0.15) is 0 Å². The van der Waals surface area contributed by atoms with E-state index in [1.807, 2.05) is 36.2 Å². The van der Waals surface area contributed by atoms with Gasteiger partial charge in [-0.15, -0.1) is 0 Å². The number of halogens is 1. The molecule has 1 amide bonds. The van der Waals surface area contributed by atoms with Gasteiger partial charge in [-0.2, -0.15) is 0 Å². The molecule has 1 aromatic rings. The van der Waals surface area contributed by atoms with Crippen LogP contribution in [0.1, 0.15) is 36.0 Å². The Labute approximate surface area is 123 Å². The van der Waals surface area contributed by atoms with Crippen molar-refractivity contribution < 1.29 is 4.79 Å². The van der Waals surface area contributed by atoms with Crippen molar-refractivity contribution in [2.75, 3.05) is 13.6 Å². The number of hydrogen-bond donors (Lipinski definition) is 0. The van der Waals surface area contributed by atoms with E-state index in [-0.39, 0.29) is 5.91 Å². The quantitative estimate of drug-likeness (QED) is 0.825. The summed E-state index contributed by atoms with van der Waals surface area (Å²) in [5.41, 5.74) is 0.771. The molecule has 2 saturated carbocycles. The van der Waals surface area contributed by atoms with E-state index in [4.69, 9.17) is 0 Å². The molecule has 1 aromatic carbocycles. The third kappa shape index (κ3) is 2.58. The van der Waals surface area contributed by atoms with Crippen molar-refractivity contribution in [1.82, 2.24) is 4.90 Å². The smallest absolute Gasteiger partial charge is 0.254 e. The van der Waals surface area contributed by atoms with E-state index in [0.717, 1.165) is 34.3 Å². The zero-order valence-electron chi connectivity index (χ0n) is 11.3. The van der Waals surface area contributed by atoms with Gasteiger partial charge >= 0.3 is 0 Å². The topological polar surface area (TPSA) is 20.3 Å². The summed E-state index contributed by atoms with van der Waals surface area (Å²) < 4.78 is 0.889. The number of amides is 1. The molecule has 2 aliphatic carbocycles. The Morgan fingerprint density at radius 1 is 1.32 bits per heavy atom. The van der Waals surface area contributed by atoms with Crippen LogP contribution in [0.15, 0.2) is 28.7 Å². The predicted molar refractivity (Wildman–Crippen MR) is 80.0 cm³/mol. The zero-order valence-corrected chi connectivity index (χ0v) is 12.9. The van der Waals surface area contributed by atoms with Gasteiger partial charge in [0.25, 0.3) is 5.91 Å². The number of hydrogen-bond acceptors (Lipinski definition) is 1. The second-order valence-electron chi connectivity index (χ2n) is 6.10. The molecular formula is C16H20BrNO. The Kier molecular flexibility index (Phi) is 3.66. The third-order valence-corrected chi connectivity index (χ3v) is 5.54. The van der Waals surface area contributed by atoms with Gasteiger partial charge in [-0.05, 0) is 65.1 Å². The van der Waals surface area contributed by atoms with Crippen LogP contribution in [0, 0.1) is 17.8 Å². The Balaban J connectivity index is 1.66. The van der Waals surface area contributed by atoms with E-state index in [0.29, 0.717) is 0 Å². The molecule has 0 spiro atoms. The molecule has 2 fully saturated rings. The first kappa shape index (κ1) is 13.2. The summed E-state index contributed by atoms with van der Waals surface area (Å²) in [6, 6.07) is 7.68. The van der Waals surface area contributed by atoms with Gasteiger partial charge in [0.2, 0.25) is 0 Å². The fraction of sp³-hybridized carbons (Fsp3) is 0.562. The molecule has 0 aromatic heterocycles. The molecule has 3 heteroatoms. The number of carbonyl (C=O) groups excluding carboxylic acids is 1. The lowest BCUT2D eigenvalue weighted by molar-refractivity contribution is 0.0753. The lowest BCUT2D eigenvalue weighted by atomic mass is 9.88. The molecule has 3 atom stereocenters. The first-order valence-corrected chi connectivity index (χ1v) is 7.94. The van der Waals surface area contributed by atoms with E-state index in [9.17, 15) is 4.79 Å². The van der Waals surface area contributed by atoms with Crippen LogP contribution >= 0.6 is 15.9 Å². The second-order valence-corrected chi connectivity index (χ2v) is 6.95. The molecule has 2 nitrogen and oxygen atoms in total. The van der Waals surface area contributed by atoms with Crippen LogP contribution in [0.25, 0.3) is 0 Å². The van der Waals surface area contributed by atoms with Gasteiger partial charge in [0, 0.05) is 18.1 Å². The van der Waals surface area contributed by atoms with Crippen LogP contribution in [-0.4, -0.2) is 24.4 Å². The predicted octanol–water partition coefficient (Wildman–Crippen LogP) is 3.96. The minimum Gasteiger partial charge on any atom is -0.341 e. The minimum absolute atomic E-state index is 0.134. The summed E-state index contributed by atoms with van der Waals surface area (Å²) in [5, 5.41) is 0. The van der Waals surface area contributed by atoms with E-state index in [1.54, 1.807) is 0 Å². The van der Waals surface area contributed by atoms with Crippen molar-refractivity contribution in [1.29, 1.82) is 0 Å². The molecule has 3 rings (SSSR count). The van der Waals surface area contributed by atoms with Gasteiger partial charge in [-0.1, -0.05) is 18.6 Å². The number of carbonyl (C=O) groups is 1. The van der Waals surface area contributed by atoms with Crippen LogP contribution in [0.4, 0.5) is 0 Å². The molecular weight excluding hydrogens is 302 g/mol. The molecule has 0 saturated heterocycles. The highest BCUT2D eigenvalue weighted by Gasteiger charge is 2.40. The maximum atomic E-state index is 12.5. The molecule has 0 radical (unpaired) electrons. The number of fused-ring (bicyclic) bond motifs is 2. The van der Waals surface area contributed by atoms with Crippen molar-refractivity contribution in [3.8, 4) is 0 Å². The highest BCUT2D eigenvalue weighted by molar-refractivity contribution is 9.10. The summed E-state index contributed by atoms with van der Waals surface area (Å²) >= 11 is 3.46. The second kappa shape index (κ2) is 5.28. The number of benzene rings is 1. The van der Waals surface area contributed by atoms with Crippen LogP contribution in [-0.2, 0) is 0 Å². The van der Waals surface area contributed by atoms with E-state index >= 15 is 0 Å². The molecule has 2 aliphatic rings. The average molecular weight is 322 g/mol. The van der Waals surface area contributed by atoms with E-state index in [1.165, 1.54) is 25.7 Å².